The van der Waals surface area contributed by atoms with Crippen molar-refractivity contribution in [1.82, 2.24) is 15.6 Å². The molecule has 1 aliphatic carbocycles. The van der Waals surface area contributed by atoms with E-state index in [1.807, 2.05) is 31.4 Å². The summed E-state index contributed by atoms with van der Waals surface area (Å²) in [5.41, 5.74) is 4.65. The predicted octanol–water partition coefficient (Wildman–Crippen LogP) is 6.98. The molecular formula is C41H46N4O8S. The quantitative estimate of drug-likeness (QED) is 0.125. The van der Waals surface area contributed by atoms with Crippen LogP contribution >= 0.6 is 11.3 Å². The van der Waals surface area contributed by atoms with Gasteiger partial charge in [0, 0.05) is 57.7 Å². The van der Waals surface area contributed by atoms with Gasteiger partial charge in [-0.05, 0) is 105 Å². The van der Waals surface area contributed by atoms with E-state index in [4.69, 9.17) is 14.2 Å². The molecule has 284 valence electrons. The van der Waals surface area contributed by atoms with Crippen LogP contribution in [0.4, 0.5) is 10.5 Å². The number of benzene rings is 2. The summed E-state index contributed by atoms with van der Waals surface area (Å²) < 4.78 is 16.7. The highest BCUT2D eigenvalue weighted by Gasteiger charge is 2.37. The van der Waals surface area contributed by atoms with E-state index in [0.29, 0.717) is 30.0 Å². The topological polar surface area (TPSA) is 165 Å². The number of aromatic nitrogens is 1. The van der Waals surface area contributed by atoms with E-state index < -0.39 is 29.5 Å². The Balaban J connectivity index is 1.37. The average molecular weight is 755 g/mol. The van der Waals surface area contributed by atoms with Gasteiger partial charge in [-0.25, -0.2) is 14.6 Å². The van der Waals surface area contributed by atoms with E-state index >= 15 is 0 Å². The number of rotatable bonds is 10. The summed E-state index contributed by atoms with van der Waals surface area (Å²) in [6, 6.07) is 12.4. The summed E-state index contributed by atoms with van der Waals surface area (Å²) in [6.07, 6.45) is 2.78. The van der Waals surface area contributed by atoms with Gasteiger partial charge in [-0.15, -0.1) is 11.3 Å². The number of alkyl carbamates (subject to hydrolysis) is 1. The van der Waals surface area contributed by atoms with E-state index in [1.54, 1.807) is 50.3 Å². The van der Waals surface area contributed by atoms with Gasteiger partial charge in [0.25, 0.3) is 11.8 Å². The summed E-state index contributed by atoms with van der Waals surface area (Å²) in [4.78, 5) is 58.8. The molecule has 0 unspecified atom stereocenters. The smallest absolute Gasteiger partial charge is 0.407 e. The number of fused-ring (bicyclic) bond motifs is 3. The molecule has 0 radical (unpaired) electrons. The molecule has 12 nitrogen and oxygen atoms in total. The van der Waals surface area contributed by atoms with Crippen LogP contribution in [0.5, 0.6) is 5.75 Å². The number of pyridine rings is 1. The molecule has 2 aromatic carbocycles. The first-order valence-corrected chi connectivity index (χ1v) is 18.8. The van der Waals surface area contributed by atoms with Gasteiger partial charge in [0.05, 0.1) is 20.3 Å². The number of esters is 1. The standard InChI is InChI=1S/C41H46N4O8S/c1-23-16-25(20-42-39(50)53-40(3,4)5)17-24(2)33(23)45-36(47)29-18-30-32(52-14-10-26-11-15-54-35(26)30)19-28(29)27-8-9-31(44-34(27)38(49)51-6)37(48)43-21-41(22-46)12-7-13-41/h8-9,11,15-19,46H,7,10,12-14,20-22H2,1-6H3,(H,42,50)(H,43,48)(H,45,47). The fraction of sp³-hybridized carbons (Fsp3) is 0.390. The molecule has 4 aromatic rings. The van der Waals surface area contributed by atoms with Crippen LogP contribution in [0, 0.1) is 19.3 Å². The molecular weight excluding hydrogens is 709 g/mol. The Morgan fingerprint density at radius 3 is 2.35 bits per heavy atom. The van der Waals surface area contributed by atoms with E-state index in [-0.39, 0.29) is 47.6 Å². The van der Waals surface area contributed by atoms with Crippen molar-refractivity contribution in [3.05, 3.63) is 87.0 Å². The first-order valence-electron chi connectivity index (χ1n) is 18.0. The number of methoxy groups -OCH3 is 1. The SMILES string of the molecule is COC(=O)c1nc(C(=O)NCC2(CO)CCC2)ccc1-c1cc2c(cc1C(=O)Nc1c(C)cc(CNC(=O)OC(C)(C)C)cc1C)-c1sccc1CCO2. The lowest BCUT2D eigenvalue weighted by atomic mass is 9.69. The fourth-order valence-corrected chi connectivity index (χ4v) is 7.81. The molecule has 4 N–H and O–H groups in total. The van der Waals surface area contributed by atoms with Crippen molar-refractivity contribution in [3.63, 3.8) is 0 Å². The Kier molecular flexibility index (Phi) is 11.1. The molecule has 54 heavy (non-hydrogen) atoms. The van der Waals surface area contributed by atoms with Gasteiger partial charge in [0.15, 0.2) is 5.69 Å². The lowest BCUT2D eigenvalue weighted by molar-refractivity contribution is 0.0427. The second kappa shape index (κ2) is 15.6. The first-order chi connectivity index (χ1) is 25.7. The molecule has 0 saturated heterocycles. The molecule has 3 amide bonds. The molecule has 3 heterocycles. The minimum atomic E-state index is -0.782. The zero-order valence-corrected chi connectivity index (χ0v) is 32.3. The maximum atomic E-state index is 14.5. The van der Waals surface area contributed by atoms with Crippen molar-refractivity contribution >= 4 is 40.9 Å². The number of carbonyl (C=O) groups is 4. The van der Waals surface area contributed by atoms with E-state index in [1.165, 1.54) is 13.2 Å². The third-order valence-corrected chi connectivity index (χ3v) is 10.8. The second-order valence-corrected chi connectivity index (χ2v) is 15.9. The van der Waals surface area contributed by atoms with Crippen LogP contribution < -0.4 is 20.7 Å². The molecule has 0 spiro atoms. The Hall–Kier alpha value is -5.27. The summed E-state index contributed by atoms with van der Waals surface area (Å²) in [7, 11) is 1.23. The highest BCUT2D eigenvalue weighted by atomic mass is 32.1. The molecule has 13 heteroatoms. The van der Waals surface area contributed by atoms with Gasteiger partial charge in [0.1, 0.15) is 17.0 Å². The monoisotopic (exact) mass is 754 g/mol. The number of ether oxygens (including phenoxy) is 3. The Labute approximate surface area is 318 Å². The van der Waals surface area contributed by atoms with Crippen LogP contribution in [0.2, 0.25) is 0 Å². The second-order valence-electron chi connectivity index (χ2n) is 15.0. The zero-order valence-electron chi connectivity index (χ0n) is 31.4. The number of anilines is 1. The van der Waals surface area contributed by atoms with Gasteiger partial charge < -0.3 is 35.3 Å². The minimum absolute atomic E-state index is 0.000648. The average Bonchev–Trinajstić information content (AvgIpc) is 3.51. The maximum Gasteiger partial charge on any atom is 0.407 e. The highest BCUT2D eigenvalue weighted by molar-refractivity contribution is 7.13. The van der Waals surface area contributed by atoms with E-state index in [9.17, 15) is 24.3 Å². The largest absolute Gasteiger partial charge is 0.493 e. The Morgan fingerprint density at radius 2 is 1.70 bits per heavy atom. The predicted molar refractivity (Wildman–Crippen MR) is 206 cm³/mol. The number of nitrogens with one attached hydrogen (secondary N) is 3. The summed E-state index contributed by atoms with van der Waals surface area (Å²) in [5, 5.41) is 20.6. The summed E-state index contributed by atoms with van der Waals surface area (Å²) in [5.74, 6) is -1.16. The maximum absolute atomic E-state index is 14.5. The van der Waals surface area contributed by atoms with Crippen molar-refractivity contribution < 1.29 is 38.5 Å². The van der Waals surface area contributed by atoms with Crippen LogP contribution in [0.15, 0.2) is 47.8 Å². The number of aryl methyl sites for hydroxylation is 2. The van der Waals surface area contributed by atoms with Gasteiger partial charge in [-0.2, -0.15) is 0 Å². The number of carbonyl (C=O) groups excluding carboxylic acids is 4. The number of nitrogens with zero attached hydrogens (tertiary/aromatic N) is 1. The van der Waals surface area contributed by atoms with Gasteiger partial charge >= 0.3 is 12.1 Å². The minimum Gasteiger partial charge on any atom is -0.493 e. The summed E-state index contributed by atoms with van der Waals surface area (Å²) >= 11 is 1.56. The fourth-order valence-electron chi connectivity index (χ4n) is 6.83. The number of amides is 3. The Bertz CT molecular complexity index is 2090. The molecule has 0 atom stereocenters. The molecule has 2 aliphatic rings. The van der Waals surface area contributed by atoms with Crippen molar-refractivity contribution in [3.8, 4) is 27.3 Å². The van der Waals surface area contributed by atoms with Crippen molar-refractivity contribution in [2.75, 3.05) is 32.2 Å². The van der Waals surface area contributed by atoms with Crippen molar-refractivity contribution in [2.24, 2.45) is 5.41 Å². The first kappa shape index (κ1) is 38.5. The lowest BCUT2D eigenvalue weighted by Crippen LogP contribution is -2.44. The van der Waals surface area contributed by atoms with Crippen LogP contribution in [0.1, 0.15) is 93.6 Å². The van der Waals surface area contributed by atoms with Gasteiger partial charge in [-0.1, -0.05) is 18.6 Å². The number of thiophene rings is 1. The van der Waals surface area contributed by atoms with Crippen LogP contribution in [-0.4, -0.2) is 66.4 Å². The molecule has 1 saturated carbocycles. The molecule has 2 aromatic heterocycles. The van der Waals surface area contributed by atoms with Crippen molar-refractivity contribution in [1.29, 1.82) is 0 Å². The van der Waals surface area contributed by atoms with E-state index in [0.717, 1.165) is 52.0 Å². The lowest BCUT2D eigenvalue weighted by Gasteiger charge is -2.40. The van der Waals surface area contributed by atoms with Gasteiger partial charge in [-0.3, -0.25) is 9.59 Å². The highest BCUT2D eigenvalue weighted by Crippen LogP contribution is 2.44. The molecule has 0 bridgehead atoms. The van der Waals surface area contributed by atoms with Crippen LogP contribution in [0.3, 0.4) is 0 Å². The number of hydrogen-bond donors (Lipinski definition) is 4. The van der Waals surface area contributed by atoms with E-state index in [2.05, 4.69) is 27.0 Å². The van der Waals surface area contributed by atoms with Crippen molar-refractivity contribution in [2.45, 2.75) is 72.4 Å². The van der Waals surface area contributed by atoms with Gasteiger partial charge in [0.2, 0.25) is 0 Å². The molecule has 1 fully saturated rings. The summed E-state index contributed by atoms with van der Waals surface area (Å²) in [6.45, 7) is 10.1. The Morgan fingerprint density at radius 1 is 0.963 bits per heavy atom. The van der Waals surface area contributed by atoms with Crippen LogP contribution in [0.25, 0.3) is 21.6 Å². The zero-order chi connectivity index (χ0) is 38.8. The van der Waals surface area contributed by atoms with Crippen LogP contribution in [-0.2, 0) is 22.4 Å². The molecule has 1 aliphatic heterocycles. The normalized spacial score (nSPS) is 14.3. The third kappa shape index (κ3) is 8.27. The number of hydrogen-bond acceptors (Lipinski definition) is 10. The molecule has 6 rings (SSSR count). The number of aliphatic hydroxyl groups excluding tert-OH is 1. The number of aliphatic hydroxyl groups is 1. The third-order valence-electron chi connectivity index (χ3n) is 9.82.